The van der Waals surface area contributed by atoms with Crippen LogP contribution < -0.4 is 0 Å². The Labute approximate surface area is 92.5 Å². The molecule has 0 aliphatic heterocycles. The molecule has 4 heteroatoms. The summed E-state index contributed by atoms with van der Waals surface area (Å²) in [6.07, 6.45) is 0.530. The number of aryl methyl sites for hydroxylation is 1. The van der Waals surface area contributed by atoms with Crippen LogP contribution in [0.2, 0.25) is 0 Å². The molecule has 0 radical (unpaired) electrons. The van der Waals surface area contributed by atoms with Gasteiger partial charge in [0.1, 0.15) is 0 Å². The van der Waals surface area contributed by atoms with Crippen molar-refractivity contribution < 1.29 is 15.0 Å². The molecule has 4 nitrogen and oxygen atoms in total. The highest BCUT2D eigenvalue weighted by Gasteiger charge is 2.16. The summed E-state index contributed by atoms with van der Waals surface area (Å²) in [6, 6.07) is 5.82. The summed E-state index contributed by atoms with van der Waals surface area (Å²) in [6.45, 7) is 1.98. The van der Waals surface area contributed by atoms with Crippen molar-refractivity contribution >= 4 is 16.9 Å². The molecule has 84 valence electrons. The van der Waals surface area contributed by atoms with Gasteiger partial charge in [0.2, 0.25) is 0 Å². The first-order chi connectivity index (χ1) is 7.59. The number of carboxylic acid groups (broad SMARTS) is 1. The predicted molar refractivity (Wildman–Crippen MR) is 60.4 cm³/mol. The van der Waals surface area contributed by atoms with Gasteiger partial charge in [-0.1, -0.05) is 18.2 Å². The number of carbonyl (C=O) groups is 1. The zero-order valence-electron chi connectivity index (χ0n) is 8.90. The third kappa shape index (κ3) is 1.79. The number of hydrogen-bond donors (Lipinski definition) is 3. The average Bonchev–Trinajstić information content (AvgIpc) is 2.63. The van der Waals surface area contributed by atoms with Crippen LogP contribution in [0.4, 0.5) is 0 Å². The summed E-state index contributed by atoms with van der Waals surface area (Å²) in [5, 5.41) is 18.9. The van der Waals surface area contributed by atoms with Crippen molar-refractivity contribution in [2.75, 3.05) is 0 Å². The number of hydrogen-bond acceptors (Lipinski definition) is 2. The molecule has 0 aliphatic carbocycles. The van der Waals surface area contributed by atoms with E-state index in [-0.39, 0.29) is 6.42 Å². The van der Waals surface area contributed by atoms with Crippen LogP contribution >= 0.6 is 0 Å². The Kier molecular flexibility index (Phi) is 2.66. The highest BCUT2D eigenvalue weighted by atomic mass is 16.4. The Balaban J connectivity index is 2.39. The van der Waals surface area contributed by atoms with Crippen molar-refractivity contribution in [3.63, 3.8) is 0 Å². The third-order valence-electron chi connectivity index (χ3n) is 2.71. The highest BCUT2D eigenvalue weighted by molar-refractivity contribution is 5.86. The van der Waals surface area contributed by atoms with E-state index in [2.05, 4.69) is 4.98 Å². The van der Waals surface area contributed by atoms with Gasteiger partial charge in [0.15, 0.2) is 6.10 Å². The van der Waals surface area contributed by atoms with Crippen molar-refractivity contribution in [2.24, 2.45) is 0 Å². The fourth-order valence-corrected chi connectivity index (χ4v) is 1.83. The van der Waals surface area contributed by atoms with E-state index in [0.29, 0.717) is 0 Å². The molecule has 0 saturated carbocycles. The van der Waals surface area contributed by atoms with Crippen LogP contribution in [0.15, 0.2) is 24.4 Å². The molecule has 2 aromatic rings. The molecular weight excluding hydrogens is 206 g/mol. The van der Waals surface area contributed by atoms with Crippen molar-refractivity contribution in [2.45, 2.75) is 19.4 Å². The summed E-state index contributed by atoms with van der Waals surface area (Å²) in [7, 11) is 0. The van der Waals surface area contributed by atoms with E-state index in [4.69, 9.17) is 5.11 Å². The number of aliphatic carboxylic acids is 1. The van der Waals surface area contributed by atoms with Gasteiger partial charge < -0.3 is 15.2 Å². The van der Waals surface area contributed by atoms with Gasteiger partial charge in [-0.25, -0.2) is 4.79 Å². The number of benzene rings is 1. The fourth-order valence-electron chi connectivity index (χ4n) is 1.83. The largest absolute Gasteiger partial charge is 0.479 e. The average molecular weight is 219 g/mol. The summed E-state index contributed by atoms with van der Waals surface area (Å²) in [4.78, 5) is 13.7. The normalized spacial score (nSPS) is 12.9. The van der Waals surface area contributed by atoms with E-state index in [1.165, 1.54) is 0 Å². The Morgan fingerprint density at radius 1 is 1.50 bits per heavy atom. The molecule has 1 aromatic heterocycles. The van der Waals surface area contributed by atoms with Gasteiger partial charge in [0.25, 0.3) is 0 Å². The number of aromatic nitrogens is 1. The molecule has 0 amide bonds. The standard InChI is InChI=1S/C12H13NO3/c1-7-3-2-4-9-8(6-13-11(7)9)5-10(14)12(15)16/h2-4,6,10,13-14H,5H2,1H3,(H,15,16). The number of aromatic amines is 1. The van der Waals surface area contributed by atoms with Crippen molar-refractivity contribution in [3.05, 3.63) is 35.5 Å². The van der Waals surface area contributed by atoms with Crippen LogP contribution in [-0.2, 0) is 11.2 Å². The van der Waals surface area contributed by atoms with Gasteiger partial charge >= 0.3 is 5.97 Å². The van der Waals surface area contributed by atoms with Crippen LogP contribution in [-0.4, -0.2) is 27.3 Å². The fraction of sp³-hybridized carbons (Fsp3) is 0.250. The van der Waals surface area contributed by atoms with E-state index in [0.717, 1.165) is 22.0 Å². The molecule has 1 heterocycles. The lowest BCUT2D eigenvalue weighted by Crippen LogP contribution is -2.21. The predicted octanol–water partition coefficient (Wildman–Crippen LogP) is 1.46. The Bertz CT molecular complexity index is 530. The quantitative estimate of drug-likeness (QED) is 0.731. The van der Waals surface area contributed by atoms with Gasteiger partial charge in [0.05, 0.1) is 0 Å². The highest BCUT2D eigenvalue weighted by Crippen LogP contribution is 2.22. The first-order valence-corrected chi connectivity index (χ1v) is 5.06. The molecule has 0 aliphatic rings. The Morgan fingerprint density at radius 2 is 2.25 bits per heavy atom. The molecule has 3 N–H and O–H groups in total. The molecule has 0 spiro atoms. The maximum absolute atomic E-state index is 10.6. The molecule has 2 rings (SSSR count). The minimum atomic E-state index is -1.35. The second kappa shape index (κ2) is 3.98. The van der Waals surface area contributed by atoms with Crippen molar-refractivity contribution in [1.82, 2.24) is 4.98 Å². The summed E-state index contributed by atoms with van der Waals surface area (Å²) < 4.78 is 0. The molecule has 1 unspecified atom stereocenters. The Hall–Kier alpha value is -1.81. The SMILES string of the molecule is Cc1cccc2c(CC(O)C(=O)O)c[nH]c12. The number of carboxylic acids is 1. The Morgan fingerprint density at radius 3 is 2.94 bits per heavy atom. The van der Waals surface area contributed by atoms with Gasteiger partial charge in [-0.15, -0.1) is 0 Å². The lowest BCUT2D eigenvalue weighted by molar-refractivity contribution is -0.146. The van der Waals surface area contributed by atoms with Crippen LogP contribution in [0.5, 0.6) is 0 Å². The second-order valence-electron chi connectivity index (χ2n) is 3.87. The lowest BCUT2D eigenvalue weighted by Gasteiger charge is -2.04. The van der Waals surface area contributed by atoms with Gasteiger partial charge in [-0.3, -0.25) is 0 Å². The maximum Gasteiger partial charge on any atom is 0.332 e. The topological polar surface area (TPSA) is 73.3 Å². The number of H-pyrrole nitrogens is 1. The number of para-hydroxylation sites is 1. The second-order valence-corrected chi connectivity index (χ2v) is 3.87. The summed E-state index contributed by atoms with van der Waals surface area (Å²) >= 11 is 0. The molecular formula is C12H13NO3. The van der Waals surface area contributed by atoms with Crippen LogP contribution in [0.1, 0.15) is 11.1 Å². The minimum Gasteiger partial charge on any atom is -0.479 e. The number of nitrogens with one attached hydrogen (secondary N) is 1. The van der Waals surface area contributed by atoms with Crippen LogP contribution in [0.3, 0.4) is 0 Å². The van der Waals surface area contributed by atoms with Crippen LogP contribution in [0.25, 0.3) is 10.9 Å². The molecule has 1 atom stereocenters. The molecule has 16 heavy (non-hydrogen) atoms. The van der Waals surface area contributed by atoms with E-state index in [1.807, 2.05) is 25.1 Å². The lowest BCUT2D eigenvalue weighted by atomic mass is 10.1. The van der Waals surface area contributed by atoms with E-state index in [9.17, 15) is 9.90 Å². The zero-order chi connectivity index (χ0) is 11.7. The molecule has 0 bridgehead atoms. The number of fused-ring (bicyclic) bond motifs is 1. The number of aliphatic hydroxyl groups is 1. The smallest absolute Gasteiger partial charge is 0.332 e. The molecule has 0 saturated heterocycles. The molecule has 0 fully saturated rings. The van der Waals surface area contributed by atoms with Crippen LogP contribution in [0, 0.1) is 6.92 Å². The monoisotopic (exact) mass is 219 g/mol. The van der Waals surface area contributed by atoms with E-state index in [1.54, 1.807) is 6.20 Å². The van der Waals surface area contributed by atoms with Crippen molar-refractivity contribution in [3.8, 4) is 0 Å². The van der Waals surface area contributed by atoms with Crippen molar-refractivity contribution in [1.29, 1.82) is 0 Å². The van der Waals surface area contributed by atoms with Gasteiger partial charge in [0, 0.05) is 23.5 Å². The molecule has 1 aromatic carbocycles. The first-order valence-electron chi connectivity index (χ1n) is 5.06. The van der Waals surface area contributed by atoms with Gasteiger partial charge in [-0.2, -0.15) is 0 Å². The van der Waals surface area contributed by atoms with Gasteiger partial charge in [-0.05, 0) is 18.1 Å². The van der Waals surface area contributed by atoms with E-state index >= 15 is 0 Å². The first kappa shape index (κ1) is 10.7. The maximum atomic E-state index is 10.6. The zero-order valence-corrected chi connectivity index (χ0v) is 8.90. The summed E-state index contributed by atoms with van der Waals surface area (Å²) in [5.41, 5.74) is 2.93. The minimum absolute atomic E-state index is 0.124. The van der Waals surface area contributed by atoms with E-state index < -0.39 is 12.1 Å². The number of rotatable bonds is 3. The number of aliphatic hydroxyl groups excluding tert-OH is 1. The summed E-state index contributed by atoms with van der Waals surface area (Å²) in [5.74, 6) is -1.19. The third-order valence-corrected chi connectivity index (χ3v) is 2.71.